The van der Waals surface area contributed by atoms with E-state index in [2.05, 4.69) is 10.3 Å². The van der Waals surface area contributed by atoms with E-state index in [0.717, 1.165) is 27.4 Å². The molecule has 214 valence electrons. The van der Waals surface area contributed by atoms with E-state index in [9.17, 15) is 18.3 Å². The molecular weight excluding hydrogens is 574 g/mol. The van der Waals surface area contributed by atoms with Crippen molar-refractivity contribution in [3.8, 4) is 5.75 Å². The minimum absolute atomic E-state index is 0.000306. The number of pyridine rings is 1. The Bertz CT molecular complexity index is 1580. The van der Waals surface area contributed by atoms with E-state index < -0.39 is 33.4 Å². The van der Waals surface area contributed by atoms with Crippen molar-refractivity contribution >= 4 is 50.3 Å². The maximum absolute atomic E-state index is 13.8. The Morgan fingerprint density at radius 1 is 1.38 bits per heavy atom. The molecule has 6 bridgehead atoms. The van der Waals surface area contributed by atoms with Crippen LogP contribution in [0.3, 0.4) is 0 Å². The number of halogens is 1. The lowest BCUT2D eigenvalue weighted by Crippen LogP contribution is -2.40. The van der Waals surface area contributed by atoms with Crippen LogP contribution >= 0.6 is 22.9 Å². The Morgan fingerprint density at radius 2 is 2.12 bits per heavy atom. The van der Waals surface area contributed by atoms with Gasteiger partial charge in [-0.25, -0.2) is 14.3 Å². The third-order valence-electron chi connectivity index (χ3n) is 7.70. The van der Waals surface area contributed by atoms with E-state index in [0.29, 0.717) is 16.4 Å². The molecule has 40 heavy (non-hydrogen) atoms. The average Bonchev–Trinajstić information content (AvgIpc) is 3.21. The maximum atomic E-state index is 13.8. The summed E-state index contributed by atoms with van der Waals surface area (Å²) < 4.78 is 35.6. The van der Waals surface area contributed by atoms with Gasteiger partial charge in [-0.1, -0.05) is 17.7 Å². The molecule has 5 rings (SSSR count). The quantitative estimate of drug-likeness (QED) is 0.291. The average molecular weight is 606 g/mol. The van der Waals surface area contributed by atoms with Gasteiger partial charge in [-0.3, -0.25) is 9.78 Å². The molecule has 3 aromatic rings. The van der Waals surface area contributed by atoms with E-state index in [-0.39, 0.29) is 30.3 Å². The summed E-state index contributed by atoms with van der Waals surface area (Å²) in [5.41, 5.74) is 2.51. The zero-order chi connectivity index (χ0) is 29.0. The summed E-state index contributed by atoms with van der Waals surface area (Å²) in [5, 5.41) is 15.4. The molecule has 0 aliphatic carbocycles. The summed E-state index contributed by atoms with van der Waals surface area (Å²) in [6, 6.07) is 7.20. The van der Waals surface area contributed by atoms with E-state index in [4.69, 9.17) is 22.2 Å². The predicted molar refractivity (Wildman–Crippen MR) is 156 cm³/mol. The molecule has 0 saturated carbocycles. The standard InChI is InChI=1S/C27H32ClN5O5S2/c1-5-33(29)19-7-6-18-15(2)24(19)31-11-17-14-32(40(36,37)22-12-30-9-8-20(22)38-17)13-16-10-21(39-25(16)28)23(18)27(3,4)26(34)35/h6-10,12,17,23,31H,5,11,13-14,29H2,1-4H3,(H,34,35)/t17-,23?/m1/s1. The fraction of sp³-hybridized carbons (Fsp3) is 0.407. The number of aliphatic carboxylic acids is 1. The van der Waals surface area contributed by atoms with Crippen molar-refractivity contribution in [2.75, 3.05) is 30.0 Å². The summed E-state index contributed by atoms with van der Waals surface area (Å²) in [6.07, 6.45) is 2.23. The Hall–Kier alpha value is -2.90. The monoisotopic (exact) mass is 605 g/mol. The van der Waals surface area contributed by atoms with E-state index >= 15 is 0 Å². The van der Waals surface area contributed by atoms with Gasteiger partial charge in [0.25, 0.3) is 0 Å². The minimum Gasteiger partial charge on any atom is -0.486 e. The molecule has 4 heterocycles. The Kier molecular flexibility index (Phi) is 7.51. The van der Waals surface area contributed by atoms with Crippen LogP contribution in [-0.4, -0.2) is 54.5 Å². The van der Waals surface area contributed by atoms with Gasteiger partial charge < -0.3 is 20.2 Å². The Morgan fingerprint density at radius 3 is 2.83 bits per heavy atom. The number of rotatable bonds is 4. The molecule has 2 unspecified atom stereocenters. The van der Waals surface area contributed by atoms with Gasteiger partial charge in [-0.2, -0.15) is 4.31 Å². The number of carboxylic acids is 1. The van der Waals surface area contributed by atoms with Crippen LogP contribution in [0.1, 0.15) is 48.3 Å². The number of carboxylic acid groups (broad SMARTS) is 1. The first-order valence-corrected chi connectivity index (χ1v) is 15.5. The van der Waals surface area contributed by atoms with Crippen LogP contribution in [0.2, 0.25) is 4.34 Å². The largest absolute Gasteiger partial charge is 0.486 e. The number of anilines is 2. The maximum Gasteiger partial charge on any atom is 0.310 e. The summed E-state index contributed by atoms with van der Waals surface area (Å²) >= 11 is 8.01. The van der Waals surface area contributed by atoms with Crippen LogP contribution in [0, 0.1) is 12.3 Å². The molecule has 0 spiro atoms. The number of nitrogens with two attached hydrogens (primary N) is 1. The van der Waals surface area contributed by atoms with Crippen molar-refractivity contribution < 1.29 is 23.1 Å². The van der Waals surface area contributed by atoms with Crippen LogP contribution in [0.4, 0.5) is 11.4 Å². The fourth-order valence-corrected chi connectivity index (χ4v) is 8.46. The van der Waals surface area contributed by atoms with Crippen molar-refractivity contribution in [2.24, 2.45) is 11.3 Å². The molecule has 0 amide bonds. The number of nitrogens with one attached hydrogen (secondary N) is 1. The first-order chi connectivity index (χ1) is 18.9. The summed E-state index contributed by atoms with van der Waals surface area (Å²) in [5.74, 6) is 5.06. The zero-order valence-corrected chi connectivity index (χ0v) is 25.0. The highest BCUT2D eigenvalue weighted by molar-refractivity contribution is 7.89. The first kappa shape index (κ1) is 28.6. The number of hydrogen-bond acceptors (Lipinski definition) is 9. The van der Waals surface area contributed by atoms with E-state index in [1.54, 1.807) is 24.9 Å². The number of nitrogens with zero attached hydrogens (tertiary/aromatic N) is 3. The number of hydrazine groups is 1. The minimum atomic E-state index is -3.98. The number of ether oxygens (including phenoxy) is 1. The lowest BCUT2D eigenvalue weighted by atomic mass is 9.72. The van der Waals surface area contributed by atoms with Gasteiger partial charge in [0.1, 0.15) is 16.7 Å². The predicted octanol–water partition coefficient (Wildman–Crippen LogP) is 4.43. The number of sulfonamides is 1. The highest BCUT2D eigenvalue weighted by Gasteiger charge is 2.42. The molecule has 10 nitrogen and oxygen atoms in total. The Labute approximate surface area is 242 Å². The number of hydrogen-bond donors (Lipinski definition) is 3. The van der Waals surface area contributed by atoms with Crippen LogP contribution in [-0.2, 0) is 21.4 Å². The molecule has 1 aromatic carbocycles. The molecule has 4 N–H and O–H groups in total. The first-order valence-electron chi connectivity index (χ1n) is 12.9. The van der Waals surface area contributed by atoms with Gasteiger partial charge in [0, 0.05) is 30.1 Å². The molecule has 0 radical (unpaired) electrons. The Balaban J connectivity index is 1.77. The normalized spacial score (nSPS) is 21.8. The summed E-state index contributed by atoms with van der Waals surface area (Å²) in [4.78, 5) is 17.3. The lowest BCUT2D eigenvalue weighted by molar-refractivity contribution is -0.147. The highest BCUT2D eigenvalue weighted by atomic mass is 35.5. The van der Waals surface area contributed by atoms with Crippen LogP contribution in [0.15, 0.2) is 41.6 Å². The number of thiophene rings is 1. The summed E-state index contributed by atoms with van der Waals surface area (Å²) in [7, 11) is -3.98. The number of benzene rings is 1. The smallest absolute Gasteiger partial charge is 0.310 e. The molecule has 2 aliphatic rings. The molecule has 2 aliphatic heterocycles. The van der Waals surface area contributed by atoms with Crippen LogP contribution in [0.25, 0.3) is 0 Å². The topological polar surface area (TPSA) is 138 Å². The van der Waals surface area contributed by atoms with Crippen molar-refractivity contribution in [1.82, 2.24) is 9.29 Å². The van der Waals surface area contributed by atoms with Gasteiger partial charge in [0.05, 0.1) is 40.4 Å². The highest BCUT2D eigenvalue weighted by Crippen LogP contribution is 2.49. The molecular formula is C27H32ClN5O5S2. The van der Waals surface area contributed by atoms with Crippen molar-refractivity contribution in [3.63, 3.8) is 0 Å². The van der Waals surface area contributed by atoms with Crippen LogP contribution in [0.5, 0.6) is 5.75 Å². The molecule has 0 saturated heterocycles. The van der Waals surface area contributed by atoms with E-state index in [1.165, 1.54) is 28.0 Å². The number of aromatic nitrogens is 1. The SMILES string of the molecule is CCN(N)c1ccc2c(C)c1NC[C@@H]1CN(Cc3cc(sc3Cl)C2C(C)(C)C(=O)O)S(=O)(=O)c2cnccc2O1. The van der Waals surface area contributed by atoms with Gasteiger partial charge in [0.15, 0.2) is 0 Å². The van der Waals surface area contributed by atoms with Gasteiger partial charge >= 0.3 is 5.97 Å². The van der Waals surface area contributed by atoms with Crippen molar-refractivity contribution in [3.05, 3.63) is 62.6 Å². The second-order valence-electron chi connectivity index (χ2n) is 10.6. The van der Waals surface area contributed by atoms with E-state index in [1.807, 2.05) is 32.0 Å². The van der Waals surface area contributed by atoms with Crippen LogP contribution < -0.4 is 20.9 Å². The lowest BCUT2D eigenvalue weighted by Gasteiger charge is -2.33. The van der Waals surface area contributed by atoms with Gasteiger partial charge in [-0.05, 0) is 62.6 Å². The molecule has 0 fully saturated rings. The fourth-order valence-electron chi connectivity index (χ4n) is 5.36. The molecule has 2 aromatic heterocycles. The second-order valence-corrected chi connectivity index (χ2v) is 14.2. The molecule has 3 atom stereocenters. The number of carbonyl (C=O) groups is 1. The molecule has 13 heteroatoms. The summed E-state index contributed by atoms with van der Waals surface area (Å²) in [6.45, 7) is 8.11. The second kappa shape index (κ2) is 10.5. The number of fused-ring (bicyclic) bond motifs is 7. The zero-order valence-electron chi connectivity index (χ0n) is 22.6. The van der Waals surface area contributed by atoms with Gasteiger partial charge in [-0.15, -0.1) is 11.3 Å². The van der Waals surface area contributed by atoms with Gasteiger partial charge in [0.2, 0.25) is 10.0 Å². The third-order valence-corrected chi connectivity index (χ3v) is 11.0. The van der Waals surface area contributed by atoms with Crippen molar-refractivity contribution in [1.29, 1.82) is 0 Å². The van der Waals surface area contributed by atoms with Crippen molar-refractivity contribution in [2.45, 2.75) is 51.2 Å². The third kappa shape index (κ3) is 4.81.